The van der Waals surface area contributed by atoms with Crippen LogP contribution in [-0.4, -0.2) is 48.5 Å². The predicted molar refractivity (Wildman–Crippen MR) is 133 cm³/mol. The molecule has 3 N–H and O–H groups in total. The molecule has 1 aliphatic rings. The van der Waals surface area contributed by atoms with E-state index in [-0.39, 0.29) is 17.2 Å². The molecule has 0 radical (unpaired) electrons. The van der Waals surface area contributed by atoms with Crippen molar-refractivity contribution >= 4 is 29.1 Å². The zero-order valence-corrected chi connectivity index (χ0v) is 20.5. The number of nitrogens with zero attached hydrogens (tertiary/aromatic N) is 4. The lowest BCUT2D eigenvalue weighted by molar-refractivity contribution is 0.0988. The number of carbonyl (C=O) groups excluding carboxylic acids is 1. The molecule has 2 aromatic rings. The molecule has 0 amide bonds. The minimum atomic E-state index is 0.0222. The molecule has 1 saturated heterocycles. The Morgan fingerprint density at radius 1 is 1.33 bits per heavy atom. The van der Waals surface area contributed by atoms with Gasteiger partial charge in [-0.25, -0.2) is 0 Å². The minimum absolute atomic E-state index is 0.0222. The van der Waals surface area contributed by atoms with Gasteiger partial charge >= 0.3 is 0 Å². The lowest BCUT2D eigenvalue weighted by atomic mass is 9.96. The molecular weight excluding hydrogens is 414 g/mol. The van der Waals surface area contributed by atoms with E-state index in [1.807, 2.05) is 44.0 Å². The van der Waals surface area contributed by atoms with Crippen LogP contribution in [0, 0.1) is 23.7 Å². The molecule has 0 unspecified atom stereocenters. The number of nitriles is 1. The first-order valence-electron chi connectivity index (χ1n) is 11.5. The van der Waals surface area contributed by atoms with E-state index in [0.29, 0.717) is 35.1 Å². The third kappa shape index (κ3) is 6.20. The van der Waals surface area contributed by atoms with Crippen LogP contribution in [0.2, 0.25) is 0 Å². The lowest BCUT2D eigenvalue weighted by Gasteiger charge is -2.29. The van der Waals surface area contributed by atoms with Gasteiger partial charge in [0.25, 0.3) is 0 Å². The van der Waals surface area contributed by atoms with Gasteiger partial charge in [0.15, 0.2) is 17.4 Å². The van der Waals surface area contributed by atoms with Crippen LogP contribution in [0.5, 0.6) is 0 Å². The summed E-state index contributed by atoms with van der Waals surface area (Å²) in [5, 5.41) is 20.1. The number of carbonyl (C=O) groups is 1. The van der Waals surface area contributed by atoms with Gasteiger partial charge in [0.05, 0.1) is 0 Å². The highest BCUT2D eigenvalue weighted by Gasteiger charge is 2.24. The standard InChI is InChI=1S/C25H35N7O/c1-7-21(33)17-9-8-16(2)20(12-17)29-24-30-22(28-18-10-11-27-14-18)19(13-26)23(31-24)32(6)15-25(3,4)5/h8-9,12,18,27H,7,10-11,14-15H2,1-6H3,(H2,28,29,30,31)/t18-/m1/s1. The van der Waals surface area contributed by atoms with Crippen molar-refractivity contribution < 1.29 is 4.79 Å². The van der Waals surface area contributed by atoms with E-state index in [4.69, 9.17) is 4.98 Å². The van der Waals surface area contributed by atoms with Gasteiger partial charge in [0.1, 0.15) is 11.6 Å². The van der Waals surface area contributed by atoms with Crippen LogP contribution in [0.3, 0.4) is 0 Å². The van der Waals surface area contributed by atoms with E-state index in [1.165, 1.54) is 0 Å². The van der Waals surface area contributed by atoms with Gasteiger partial charge in [0, 0.05) is 43.9 Å². The fourth-order valence-corrected chi connectivity index (χ4v) is 4.00. The third-order valence-electron chi connectivity index (χ3n) is 5.60. The summed E-state index contributed by atoms with van der Waals surface area (Å²) in [4.78, 5) is 23.6. The van der Waals surface area contributed by atoms with Gasteiger partial charge in [-0.05, 0) is 36.9 Å². The number of nitrogens with one attached hydrogen (secondary N) is 3. The molecule has 2 heterocycles. The zero-order valence-electron chi connectivity index (χ0n) is 20.5. The summed E-state index contributed by atoms with van der Waals surface area (Å²) < 4.78 is 0. The summed E-state index contributed by atoms with van der Waals surface area (Å²) >= 11 is 0. The maximum atomic E-state index is 12.2. The van der Waals surface area contributed by atoms with Gasteiger partial charge in [-0.2, -0.15) is 15.2 Å². The fourth-order valence-electron chi connectivity index (χ4n) is 4.00. The van der Waals surface area contributed by atoms with Gasteiger partial charge in [-0.1, -0.05) is 39.8 Å². The normalized spacial score (nSPS) is 15.7. The van der Waals surface area contributed by atoms with E-state index in [1.54, 1.807) is 0 Å². The monoisotopic (exact) mass is 449 g/mol. The molecule has 1 fully saturated rings. The van der Waals surface area contributed by atoms with Crippen molar-refractivity contribution in [2.45, 2.75) is 53.5 Å². The largest absolute Gasteiger partial charge is 0.365 e. The Balaban J connectivity index is 2.04. The summed E-state index contributed by atoms with van der Waals surface area (Å²) in [5.41, 5.74) is 2.87. The maximum absolute atomic E-state index is 12.2. The molecule has 1 atom stereocenters. The molecule has 8 heteroatoms. The third-order valence-corrected chi connectivity index (χ3v) is 5.60. The summed E-state index contributed by atoms with van der Waals surface area (Å²) in [6, 6.07) is 8.12. The number of benzene rings is 1. The zero-order chi connectivity index (χ0) is 24.2. The summed E-state index contributed by atoms with van der Waals surface area (Å²) in [7, 11) is 1.95. The second-order valence-corrected chi connectivity index (χ2v) is 9.89. The van der Waals surface area contributed by atoms with Gasteiger partial charge in [-0.15, -0.1) is 0 Å². The van der Waals surface area contributed by atoms with Crippen molar-refractivity contribution in [3.05, 3.63) is 34.9 Å². The predicted octanol–water partition coefficient (Wildman–Crippen LogP) is 4.25. The second-order valence-electron chi connectivity index (χ2n) is 9.89. The SMILES string of the molecule is CCC(=O)c1ccc(C)c(Nc2nc(N[C@@H]3CCNC3)c(C#N)c(N(C)CC(C)(C)C)n2)c1. The second kappa shape index (κ2) is 10.2. The maximum Gasteiger partial charge on any atom is 0.231 e. The fraction of sp³-hybridized carbons (Fsp3) is 0.520. The number of ketones is 1. The van der Waals surface area contributed by atoms with Crippen LogP contribution in [0.1, 0.15) is 62.0 Å². The van der Waals surface area contributed by atoms with Crippen LogP contribution < -0.4 is 20.9 Å². The van der Waals surface area contributed by atoms with E-state index in [0.717, 1.165) is 37.3 Å². The summed E-state index contributed by atoms with van der Waals surface area (Å²) in [5.74, 6) is 1.58. The van der Waals surface area contributed by atoms with Crippen molar-refractivity contribution in [3.8, 4) is 6.07 Å². The summed E-state index contributed by atoms with van der Waals surface area (Å²) in [6.45, 7) is 12.8. The van der Waals surface area contributed by atoms with Gasteiger partial charge in [0.2, 0.25) is 5.95 Å². The first-order valence-corrected chi connectivity index (χ1v) is 11.5. The van der Waals surface area contributed by atoms with E-state index in [9.17, 15) is 10.1 Å². The van der Waals surface area contributed by atoms with Crippen molar-refractivity contribution in [2.24, 2.45) is 5.41 Å². The van der Waals surface area contributed by atoms with Crippen LogP contribution in [0.25, 0.3) is 0 Å². The minimum Gasteiger partial charge on any atom is -0.365 e. The van der Waals surface area contributed by atoms with Crippen LogP contribution in [0.15, 0.2) is 18.2 Å². The highest BCUT2D eigenvalue weighted by atomic mass is 16.1. The highest BCUT2D eigenvalue weighted by Crippen LogP contribution is 2.30. The molecule has 0 bridgehead atoms. The van der Waals surface area contributed by atoms with Crippen LogP contribution in [-0.2, 0) is 0 Å². The number of aromatic nitrogens is 2. The average Bonchev–Trinajstić information content (AvgIpc) is 3.26. The molecule has 3 rings (SSSR count). The first-order chi connectivity index (χ1) is 15.6. The van der Waals surface area contributed by atoms with Crippen molar-refractivity contribution in [3.63, 3.8) is 0 Å². The average molecular weight is 450 g/mol. The van der Waals surface area contributed by atoms with Crippen LogP contribution >= 0.6 is 0 Å². The Morgan fingerprint density at radius 2 is 2.09 bits per heavy atom. The number of anilines is 4. The number of hydrogen-bond donors (Lipinski definition) is 3. The molecule has 0 saturated carbocycles. The van der Waals surface area contributed by atoms with Gasteiger partial charge in [-0.3, -0.25) is 4.79 Å². The number of hydrogen-bond acceptors (Lipinski definition) is 8. The Kier molecular flexibility index (Phi) is 7.54. The van der Waals surface area contributed by atoms with E-state index in [2.05, 4.69) is 47.8 Å². The number of aryl methyl sites for hydroxylation is 1. The smallest absolute Gasteiger partial charge is 0.231 e. The van der Waals surface area contributed by atoms with E-state index >= 15 is 0 Å². The van der Waals surface area contributed by atoms with E-state index < -0.39 is 0 Å². The molecular formula is C25H35N7O. The van der Waals surface area contributed by atoms with Gasteiger partial charge < -0.3 is 20.9 Å². The Labute approximate surface area is 196 Å². The quantitative estimate of drug-likeness (QED) is 0.514. The van der Waals surface area contributed by atoms with Crippen molar-refractivity contribution in [1.82, 2.24) is 15.3 Å². The van der Waals surface area contributed by atoms with Crippen molar-refractivity contribution in [2.75, 3.05) is 42.2 Å². The highest BCUT2D eigenvalue weighted by molar-refractivity contribution is 5.97. The number of rotatable bonds is 8. The molecule has 33 heavy (non-hydrogen) atoms. The number of Topliss-reactive ketones (excluding diaryl/α,β-unsaturated/α-hetero) is 1. The van der Waals surface area contributed by atoms with Crippen LogP contribution in [0.4, 0.5) is 23.3 Å². The topological polar surface area (TPSA) is 106 Å². The summed E-state index contributed by atoms with van der Waals surface area (Å²) in [6.07, 6.45) is 1.41. The molecule has 1 aromatic carbocycles. The Morgan fingerprint density at radius 3 is 2.70 bits per heavy atom. The molecule has 0 spiro atoms. The molecule has 176 valence electrons. The molecule has 1 aliphatic heterocycles. The lowest BCUT2D eigenvalue weighted by Crippen LogP contribution is -2.31. The first kappa shape index (κ1) is 24.5. The molecule has 1 aromatic heterocycles. The molecule has 8 nitrogen and oxygen atoms in total. The Bertz CT molecular complexity index is 1050. The van der Waals surface area contributed by atoms with Crippen molar-refractivity contribution in [1.29, 1.82) is 5.26 Å². The molecule has 0 aliphatic carbocycles. The Hall–Kier alpha value is -3.18.